The number of ether oxygens (including phenoxy) is 2. The number of carbonyl (C=O) groups is 1. The van der Waals surface area contributed by atoms with Crippen LogP contribution < -0.4 is 4.74 Å². The lowest BCUT2D eigenvalue weighted by Gasteiger charge is -2.37. The van der Waals surface area contributed by atoms with Crippen LogP contribution in [0.1, 0.15) is 74.6 Å². The molecule has 0 radical (unpaired) electrons. The quantitative estimate of drug-likeness (QED) is 0.226. The summed E-state index contributed by atoms with van der Waals surface area (Å²) in [5.74, 6) is -0.752. The zero-order valence-electron chi connectivity index (χ0n) is 21.2. The number of likely N-dealkylation sites (tertiary alicyclic amines) is 1. The van der Waals surface area contributed by atoms with Gasteiger partial charge in [-0.2, -0.15) is 13.2 Å². The van der Waals surface area contributed by atoms with Crippen LogP contribution in [0.5, 0.6) is 5.75 Å². The average molecular weight is 510 g/mol. The van der Waals surface area contributed by atoms with Crippen molar-refractivity contribution in [2.45, 2.75) is 71.7 Å². The second-order valence-electron chi connectivity index (χ2n) is 9.38. The van der Waals surface area contributed by atoms with E-state index in [1.165, 1.54) is 6.07 Å². The van der Waals surface area contributed by atoms with Gasteiger partial charge in [0.15, 0.2) is 0 Å². The van der Waals surface area contributed by atoms with E-state index >= 15 is 0 Å². The van der Waals surface area contributed by atoms with Crippen molar-refractivity contribution in [3.8, 4) is 5.75 Å². The maximum absolute atomic E-state index is 14.6. The van der Waals surface area contributed by atoms with E-state index in [-0.39, 0.29) is 30.2 Å². The predicted molar refractivity (Wildman–Crippen MR) is 130 cm³/mol. The molecule has 0 bridgehead atoms. The molecule has 1 saturated heterocycles. The Balaban J connectivity index is 1.63. The highest BCUT2D eigenvalue weighted by molar-refractivity contribution is 5.74. The molecule has 0 unspecified atom stereocenters. The van der Waals surface area contributed by atoms with Gasteiger partial charge in [0.1, 0.15) is 18.2 Å². The van der Waals surface area contributed by atoms with Crippen LogP contribution in [0, 0.1) is 11.7 Å². The van der Waals surface area contributed by atoms with Gasteiger partial charge in [-0.1, -0.05) is 44.9 Å². The number of hydrogen-bond acceptors (Lipinski definition) is 4. The summed E-state index contributed by atoms with van der Waals surface area (Å²) in [5, 5.41) is 0. The average Bonchev–Trinajstić information content (AvgIpc) is 2.80. The van der Waals surface area contributed by atoms with Gasteiger partial charge in [0.25, 0.3) is 0 Å². The molecule has 0 N–H and O–H groups in total. The molecule has 1 heterocycles. The van der Waals surface area contributed by atoms with E-state index in [9.17, 15) is 22.4 Å². The number of carbonyl (C=O) groups excluding carboxylic acids is 1. The molecular formula is C28H35F4NO3. The lowest BCUT2D eigenvalue weighted by Crippen LogP contribution is -2.50. The van der Waals surface area contributed by atoms with Gasteiger partial charge in [0, 0.05) is 31.3 Å². The molecule has 2 aromatic rings. The Morgan fingerprint density at radius 3 is 2.33 bits per heavy atom. The number of alkyl halides is 3. The summed E-state index contributed by atoms with van der Waals surface area (Å²) in [7, 11) is 0. The number of halogens is 4. The molecule has 3 rings (SSSR count). The summed E-state index contributed by atoms with van der Waals surface area (Å²) in [6, 6.07) is 8.85. The zero-order chi connectivity index (χ0) is 26.3. The third-order valence-electron chi connectivity index (χ3n) is 6.54. The van der Waals surface area contributed by atoms with Crippen molar-refractivity contribution in [2.75, 3.05) is 19.7 Å². The van der Waals surface area contributed by atoms with Gasteiger partial charge in [-0.05, 0) is 48.9 Å². The van der Waals surface area contributed by atoms with Gasteiger partial charge < -0.3 is 9.47 Å². The first-order valence-corrected chi connectivity index (χ1v) is 12.7. The first kappa shape index (κ1) is 28.0. The molecule has 0 aliphatic carbocycles. The number of nitrogens with zero attached hydrogens (tertiary/aromatic N) is 1. The topological polar surface area (TPSA) is 38.8 Å². The van der Waals surface area contributed by atoms with Gasteiger partial charge in [-0.15, -0.1) is 0 Å². The smallest absolute Gasteiger partial charge is 0.416 e. The second kappa shape index (κ2) is 12.6. The van der Waals surface area contributed by atoms with Crippen molar-refractivity contribution in [3.05, 3.63) is 64.5 Å². The van der Waals surface area contributed by atoms with E-state index in [2.05, 4.69) is 0 Å². The number of esters is 1. The molecule has 1 fully saturated rings. The maximum atomic E-state index is 14.6. The van der Waals surface area contributed by atoms with Crippen LogP contribution in [0.3, 0.4) is 0 Å². The Labute approximate surface area is 210 Å². The van der Waals surface area contributed by atoms with Gasteiger partial charge in [0.2, 0.25) is 0 Å². The second-order valence-corrected chi connectivity index (χ2v) is 9.38. The fraction of sp³-hybridized carbons (Fsp3) is 0.536. The van der Waals surface area contributed by atoms with Crippen molar-refractivity contribution in [1.29, 1.82) is 0 Å². The molecular weight excluding hydrogens is 474 g/mol. The fourth-order valence-electron chi connectivity index (χ4n) is 4.71. The lowest BCUT2D eigenvalue weighted by molar-refractivity contribution is -0.154. The van der Waals surface area contributed by atoms with Crippen LogP contribution in [0.4, 0.5) is 17.6 Å². The molecule has 198 valence electrons. The van der Waals surface area contributed by atoms with Crippen LogP contribution in [0.25, 0.3) is 0 Å². The zero-order valence-corrected chi connectivity index (χ0v) is 21.2. The minimum absolute atomic E-state index is 0.0955. The summed E-state index contributed by atoms with van der Waals surface area (Å²) in [6.07, 6.45) is -1.41. The highest BCUT2D eigenvalue weighted by Gasteiger charge is 2.35. The van der Waals surface area contributed by atoms with Gasteiger partial charge >= 0.3 is 12.1 Å². The Hall–Kier alpha value is -2.61. The monoisotopic (exact) mass is 509 g/mol. The van der Waals surface area contributed by atoms with Crippen molar-refractivity contribution in [2.24, 2.45) is 5.92 Å². The largest absolute Gasteiger partial charge is 0.489 e. The Kier molecular flexibility index (Phi) is 9.77. The van der Waals surface area contributed by atoms with E-state index in [1.54, 1.807) is 31.2 Å². The van der Waals surface area contributed by atoms with Gasteiger partial charge in [0.05, 0.1) is 18.1 Å². The van der Waals surface area contributed by atoms with Crippen LogP contribution >= 0.6 is 0 Å². The molecule has 4 nitrogen and oxygen atoms in total. The van der Waals surface area contributed by atoms with E-state index in [1.807, 2.05) is 18.7 Å². The number of rotatable bonds is 12. The molecule has 2 aromatic carbocycles. The van der Waals surface area contributed by atoms with Crippen molar-refractivity contribution >= 4 is 5.97 Å². The highest BCUT2D eigenvalue weighted by Crippen LogP contribution is 2.39. The molecule has 0 saturated carbocycles. The molecule has 0 spiro atoms. The summed E-state index contributed by atoms with van der Waals surface area (Å²) in [4.78, 5) is 13.7. The molecule has 1 aliphatic heterocycles. The third-order valence-corrected chi connectivity index (χ3v) is 6.54. The minimum Gasteiger partial charge on any atom is -0.489 e. The van der Waals surface area contributed by atoms with Crippen LogP contribution in [-0.4, -0.2) is 30.6 Å². The van der Waals surface area contributed by atoms with E-state index in [4.69, 9.17) is 9.47 Å². The van der Waals surface area contributed by atoms with Crippen LogP contribution in [-0.2, 0) is 28.9 Å². The van der Waals surface area contributed by atoms with Gasteiger partial charge in [-0.25, -0.2) is 4.39 Å². The number of benzene rings is 2. The predicted octanol–water partition coefficient (Wildman–Crippen LogP) is 7.10. The summed E-state index contributed by atoms with van der Waals surface area (Å²) < 4.78 is 66.8. The van der Waals surface area contributed by atoms with E-state index < -0.39 is 17.6 Å². The summed E-state index contributed by atoms with van der Waals surface area (Å²) >= 11 is 0. The molecule has 8 heteroatoms. The molecule has 0 aromatic heterocycles. The maximum Gasteiger partial charge on any atom is 0.416 e. The van der Waals surface area contributed by atoms with E-state index in [0.29, 0.717) is 55.8 Å². The SMILES string of the molecule is CCCC(CCC)c1ccc(COc2ccc(CN3CC(C(=O)OCC)C3)c(F)c2)cc1C(F)(F)F. The van der Waals surface area contributed by atoms with Crippen LogP contribution in [0.2, 0.25) is 0 Å². The molecule has 0 amide bonds. The summed E-state index contributed by atoms with van der Waals surface area (Å²) in [6.45, 7) is 7.35. The third kappa shape index (κ3) is 7.21. The number of hydrogen-bond donors (Lipinski definition) is 0. The first-order valence-electron chi connectivity index (χ1n) is 12.7. The Morgan fingerprint density at radius 1 is 1.06 bits per heavy atom. The van der Waals surface area contributed by atoms with E-state index in [0.717, 1.165) is 18.9 Å². The van der Waals surface area contributed by atoms with Gasteiger partial charge in [-0.3, -0.25) is 9.69 Å². The standard InChI is InChI=1S/C28H35F4NO3/c1-4-7-20(8-5-2)24-12-9-19(13-25(24)28(30,31)32)18-36-23-11-10-21(26(29)14-23)15-33-16-22(17-33)27(34)35-6-3/h9-14,20,22H,4-8,15-18H2,1-3H3. The van der Waals surface area contributed by atoms with Crippen LogP contribution in [0.15, 0.2) is 36.4 Å². The highest BCUT2D eigenvalue weighted by atomic mass is 19.4. The summed E-state index contributed by atoms with van der Waals surface area (Å²) in [5.41, 5.74) is 0.563. The molecule has 36 heavy (non-hydrogen) atoms. The molecule has 1 aliphatic rings. The van der Waals surface area contributed by atoms with Crippen molar-refractivity contribution in [1.82, 2.24) is 4.90 Å². The first-order chi connectivity index (χ1) is 17.2. The molecule has 0 atom stereocenters. The minimum atomic E-state index is -4.46. The Morgan fingerprint density at radius 2 is 1.75 bits per heavy atom. The van der Waals surface area contributed by atoms with Crippen molar-refractivity contribution in [3.63, 3.8) is 0 Å². The Bertz CT molecular complexity index is 1010. The lowest BCUT2D eigenvalue weighted by atomic mass is 9.86. The normalized spacial score (nSPS) is 14.7. The van der Waals surface area contributed by atoms with Crippen molar-refractivity contribution < 1.29 is 31.8 Å². The fourth-order valence-corrected chi connectivity index (χ4v) is 4.71.